The zero-order valence-electron chi connectivity index (χ0n) is 18.1. The molecule has 182 valence electrons. The summed E-state index contributed by atoms with van der Waals surface area (Å²) in [7, 11) is -2.29. The van der Waals surface area contributed by atoms with Crippen LogP contribution in [0.1, 0.15) is 19.0 Å². The van der Waals surface area contributed by atoms with E-state index in [0.717, 1.165) is 0 Å². The first-order chi connectivity index (χ1) is 15.9. The SMILES string of the molecule is COc1ccc(-c2c(C(F)(F)F)n[nH]c2-c2ccc(S(=O)(=O)CCCOC(C)=O)cc2)cc1Cl. The van der Waals surface area contributed by atoms with E-state index in [2.05, 4.69) is 10.2 Å². The number of carbonyl (C=O) groups excluding carboxylic acids is 1. The number of hydrogen-bond donors (Lipinski definition) is 1. The van der Waals surface area contributed by atoms with E-state index in [9.17, 15) is 26.4 Å². The standard InChI is InChI=1S/C22H20ClF3N2O5S/c1-13(29)33-10-3-11-34(30,31)16-7-4-14(5-8-16)20-19(21(28-27-20)22(24,25)26)15-6-9-18(32-2)17(23)12-15/h4-9,12H,3,10-11H2,1-2H3,(H,27,28). The molecule has 3 rings (SSSR count). The first-order valence-electron chi connectivity index (χ1n) is 9.90. The molecule has 7 nitrogen and oxygen atoms in total. The fourth-order valence-electron chi connectivity index (χ4n) is 3.27. The van der Waals surface area contributed by atoms with Crippen molar-refractivity contribution in [2.75, 3.05) is 19.5 Å². The molecule has 0 amide bonds. The third-order valence-corrected chi connectivity index (χ3v) is 6.95. The second-order valence-electron chi connectivity index (χ2n) is 7.21. The Morgan fingerprint density at radius 1 is 1.12 bits per heavy atom. The molecule has 3 aromatic rings. The topological polar surface area (TPSA) is 98.3 Å². The Morgan fingerprint density at radius 3 is 2.32 bits per heavy atom. The molecule has 1 heterocycles. The highest BCUT2D eigenvalue weighted by molar-refractivity contribution is 7.91. The maximum absolute atomic E-state index is 13.7. The molecule has 2 aromatic carbocycles. The molecule has 0 saturated carbocycles. The largest absolute Gasteiger partial charge is 0.495 e. The number of alkyl halides is 3. The van der Waals surface area contributed by atoms with Crippen molar-refractivity contribution in [3.63, 3.8) is 0 Å². The van der Waals surface area contributed by atoms with Crippen LogP contribution >= 0.6 is 11.6 Å². The molecule has 12 heteroatoms. The summed E-state index contributed by atoms with van der Waals surface area (Å²) in [6, 6.07) is 9.59. The number of nitrogens with zero attached hydrogens (tertiary/aromatic N) is 1. The van der Waals surface area contributed by atoms with Gasteiger partial charge < -0.3 is 9.47 Å². The van der Waals surface area contributed by atoms with E-state index < -0.39 is 27.7 Å². The molecule has 0 aliphatic heterocycles. The first kappa shape index (κ1) is 25.6. The third kappa shape index (κ3) is 5.71. The predicted molar refractivity (Wildman–Crippen MR) is 119 cm³/mol. The zero-order valence-corrected chi connectivity index (χ0v) is 19.6. The molecule has 0 spiro atoms. The van der Waals surface area contributed by atoms with Gasteiger partial charge in [-0.25, -0.2) is 8.42 Å². The Balaban J connectivity index is 1.97. The Labute approximate surface area is 198 Å². The van der Waals surface area contributed by atoms with Gasteiger partial charge in [-0.05, 0) is 36.2 Å². The van der Waals surface area contributed by atoms with E-state index in [1.165, 1.54) is 56.5 Å². The number of rotatable bonds is 8. The van der Waals surface area contributed by atoms with Crippen molar-refractivity contribution >= 4 is 27.4 Å². The van der Waals surface area contributed by atoms with E-state index in [-0.39, 0.29) is 45.5 Å². The fourth-order valence-corrected chi connectivity index (χ4v) is 4.81. The highest BCUT2D eigenvalue weighted by Gasteiger charge is 2.38. The molecule has 1 aromatic heterocycles. The monoisotopic (exact) mass is 516 g/mol. The van der Waals surface area contributed by atoms with Crippen molar-refractivity contribution in [3.8, 4) is 28.1 Å². The fraction of sp³-hybridized carbons (Fsp3) is 0.273. The van der Waals surface area contributed by atoms with Crippen LogP contribution in [0.25, 0.3) is 22.4 Å². The van der Waals surface area contributed by atoms with Crippen molar-refractivity contribution in [2.45, 2.75) is 24.4 Å². The number of sulfone groups is 1. The van der Waals surface area contributed by atoms with Crippen LogP contribution in [0.15, 0.2) is 47.4 Å². The predicted octanol–water partition coefficient (Wildman–Crippen LogP) is 5.15. The van der Waals surface area contributed by atoms with E-state index in [4.69, 9.17) is 21.1 Å². The highest BCUT2D eigenvalue weighted by Crippen LogP contribution is 2.42. The van der Waals surface area contributed by atoms with Crippen LogP contribution in [0.2, 0.25) is 5.02 Å². The second kappa shape index (κ2) is 10.1. The average molecular weight is 517 g/mol. The van der Waals surface area contributed by atoms with Gasteiger partial charge in [0.2, 0.25) is 0 Å². The van der Waals surface area contributed by atoms with Crippen LogP contribution in [0.4, 0.5) is 13.2 Å². The quantitative estimate of drug-likeness (QED) is 0.328. The molecule has 0 unspecified atom stereocenters. The van der Waals surface area contributed by atoms with Crippen LogP contribution in [-0.2, 0) is 25.5 Å². The minimum Gasteiger partial charge on any atom is -0.495 e. The summed E-state index contributed by atoms with van der Waals surface area (Å²) >= 11 is 6.12. The Kier molecular flexibility index (Phi) is 7.57. The van der Waals surface area contributed by atoms with E-state index in [1.807, 2.05) is 0 Å². The van der Waals surface area contributed by atoms with Gasteiger partial charge in [0, 0.05) is 18.1 Å². The highest BCUT2D eigenvalue weighted by atomic mass is 35.5. The molecular weight excluding hydrogens is 497 g/mol. The van der Waals surface area contributed by atoms with Gasteiger partial charge in [-0.15, -0.1) is 0 Å². The summed E-state index contributed by atoms with van der Waals surface area (Å²) in [5, 5.41) is 6.00. The van der Waals surface area contributed by atoms with Gasteiger partial charge in [-0.2, -0.15) is 18.3 Å². The number of carbonyl (C=O) groups is 1. The summed E-state index contributed by atoms with van der Waals surface area (Å²) in [6.07, 6.45) is -4.64. The van der Waals surface area contributed by atoms with E-state index >= 15 is 0 Å². The molecule has 0 bridgehead atoms. The smallest absolute Gasteiger partial charge is 0.435 e. The third-order valence-electron chi connectivity index (χ3n) is 4.84. The van der Waals surface area contributed by atoms with Crippen LogP contribution < -0.4 is 4.74 Å². The number of ether oxygens (including phenoxy) is 2. The summed E-state index contributed by atoms with van der Waals surface area (Å²) in [5.74, 6) is -0.460. The van der Waals surface area contributed by atoms with Gasteiger partial charge in [0.1, 0.15) is 5.75 Å². The number of hydrogen-bond acceptors (Lipinski definition) is 6. The summed E-state index contributed by atoms with van der Waals surface area (Å²) < 4.78 is 75.8. The van der Waals surface area contributed by atoms with Gasteiger partial charge in [-0.1, -0.05) is 29.8 Å². The number of esters is 1. The van der Waals surface area contributed by atoms with Gasteiger partial charge in [0.05, 0.1) is 35.1 Å². The van der Waals surface area contributed by atoms with Crippen LogP contribution in [0.3, 0.4) is 0 Å². The maximum atomic E-state index is 13.7. The zero-order chi connectivity index (χ0) is 25.1. The minimum atomic E-state index is -4.75. The van der Waals surface area contributed by atoms with Crippen LogP contribution in [0.5, 0.6) is 5.75 Å². The summed E-state index contributed by atoms with van der Waals surface area (Å²) in [6.45, 7) is 1.19. The lowest BCUT2D eigenvalue weighted by Gasteiger charge is -2.11. The number of methoxy groups -OCH3 is 1. The number of aromatic nitrogens is 2. The van der Waals surface area contributed by atoms with Crippen molar-refractivity contribution in [2.24, 2.45) is 0 Å². The maximum Gasteiger partial charge on any atom is 0.435 e. The van der Waals surface area contributed by atoms with Crippen molar-refractivity contribution in [3.05, 3.63) is 53.2 Å². The van der Waals surface area contributed by atoms with Gasteiger partial charge in [0.15, 0.2) is 15.5 Å². The molecule has 0 fully saturated rings. The van der Waals surface area contributed by atoms with Gasteiger partial charge in [-0.3, -0.25) is 9.89 Å². The lowest BCUT2D eigenvalue weighted by molar-refractivity contribution is -0.141. The summed E-state index contributed by atoms with van der Waals surface area (Å²) in [5.41, 5.74) is -0.861. The Morgan fingerprint density at radius 2 is 1.76 bits per heavy atom. The molecule has 1 N–H and O–H groups in total. The summed E-state index contributed by atoms with van der Waals surface area (Å²) in [4.78, 5) is 10.8. The number of aromatic amines is 1. The molecule has 0 saturated heterocycles. The van der Waals surface area contributed by atoms with Crippen LogP contribution in [-0.4, -0.2) is 44.1 Å². The normalized spacial score (nSPS) is 11.9. The molecule has 0 atom stereocenters. The first-order valence-corrected chi connectivity index (χ1v) is 11.9. The van der Waals surface area contributed by atoms with Gasteiger partial charge >= 0.3 is 12.1 Å². The van der Waals surface area contributed by atoms with E-state index in [1.54, 1.807) is 0 Å². The number of halogens is 4. The lowest BCUT2D eigenvalue weighted by atomic mass is 9.98. The number of nitrogens with one attached hydrogen (secondary N) is 1. The lowest BCUT2D eigenvalue weighted by Crippen LogP contribution is -2.10. The van der Waals surface area contributed by atoms with E-state index in [0.29, 0.717) is 11.3 Å². The minimum absolute atomic E-state index is 0.0105. The van der Waals surface area contributed by atoms with Crippen molar-refractivity contribution in [1.29, 1.82) is 0 Å². The second-order valence-corrected chi connectivity index (χ2v) is 9.72. The Bertz CT molecular complexity index is 1290. The number of H-pyrrole nitrogens is 1. The molecule has 34 heavy (non-hydrogen) atoms. The molecule has 0 aliphatic carbocycles. The molecular formula is C22H20ClF3N2O5S. The molecule has 0 aliphatic rings. The van der Waals surface area contributed by atoms with Crippen molar-refractivity contribution < 1.29 is 35.9 Å². The van der Waals surface area contributed by atoms with Gasteiger partial charge in [0.25, 0.3) is 0 Å². The van der Waals surface area contributed by atoms with Crippen molar-refractivity contribution in [1.82, 2.24) is 10.2 Å². The number of benzene rings is 2. The molecule has 0 radical (unpaired) electrons. The van der Waals surface area contributed by atoms with Crippen LogP contribution in [0, 0.1) is 0 Å². The Hall–Kier alpha value is -3.05. The average Bonchev–Trinajstić information content (AvgIpc) is 3.22.